The van der Waals surface area contributed by atoms with Crippen molar-refractivity contribution >= 4 is 9.84 Å². The van der Waals surface area contributed by atoms with Crippen LogP contribution in [-0.4, -0.2) is 42.8 Å². The van der Waals surface area contributed by atoms with Gasteiger partial charge in [0.05, 0.1) is 17.2 Å². The van der Waals surface area contributed by atoms with Gasteiger partial charge in [0, 0.05) is 13.2 Å². The number of hydrogen-bond acceptors (Lipinski definition) is 4. The minimum atomic E-state index is -2.82. The maximum absolute atomic E-state index is 11.7. The van der Waals surface area contributed by atoms with Gasteiger partial charge in [0.1, 0.15) is 0 Å². The molecule has 0 aliphatic carbocycles. The third-order valence-electron chi connectivity index (χ3n) is 4.13. The molecule has 1 saturated heterocycles. The molecule has 0 saturated carbocycles. The number of sulfone groups is 1. The van der Waals surface area contributed by atoms with Crippen molar-refractivity contribution in [2.75, 3.05) is 24.6 Å². The molecular weight excluding hydrogens is 286 g/mol. The van der Waals surface area contributed by atoms with Gasteiger partial charge in [-0.2, -0.15) is 5.10 Å². The molecule has 6 heteroatoms. The largest absolute Gasteiger partial charge is 0.316 e. The van der Waals surface area contributed by atoms with Gasteiger partial charge in [-0.3, -0.25) is 4.68 Å². The van der Waals surface area contributed by atoms with Crippen LogP contribution < -0.4 is 5.32 Å². The van der Waals surface area contributed by atoms with Gasteiger partial charge in [-0.25, -0.2) is 8.42 Å². The molecule has 2 heterocycles. The lowest BCUT2D eigenvalue weighted by Crippen LogP contribution is -2.32. The van der Waals surface area contributed by atoms with Crippen molar-refractivity contribution in [1.29, 1.82) is 0 Å². The summed E-state index contributed by atoms with van der Waals surface area (Å²) in [6.45, 7) is 6.20. The molecule has 0 amide bonds. The van der Waals surface area contributed by atoms with Crippen molar-refractivity contribution < 1.29 is 8.42 Å². The van der Waals surface area contributed by atoms with Gasteiger partial charge < -0.3 is 5.32 Å². The number of aromatic nitrogens is 2. The Bertz CT molecular complexity index is 551. The maximum atomic E-state index is 11.7. The SMILES string of the molecule is CC(C)CNCC(Cc1ccn(C)n1)C1CCS(=O)(=O)C1. The zero-order chi connectivity index (χ0) is 15.5. The van der Waals surface area contributed by atoms with Crippen LogP contribution in [0.25, 0.3) is 0 Å². The van der Waals surface area contributed by atoms with Crippen molar-refractivity contribution in [2.45, 2.75) is 26.7 Å². The van der Waals surface area contributed by atoms with Crippen LogP contribution in [0.1, 0.15) is 26.0 Å². The number of nitrogens with one attached hydrogen (secondary N) is 1. The predicted molar refractivity (Wildman–Crippen MR) is 84.9 cm³/mol. The topological polar surface area (TPSA) is 64.0 Å². The molecule has 21 heavy (non-hydrogen) atoms. The van der Waals surface area contributed by atoms with E-state index in [1.165, 1.54) is 0 Å². The maximum Gasteiger partial charge on any atom is 0.150 e. The van der Waals surface area contributed by atoms with Gasteiger partial charge in [-0.15, -0.1) is 0 Å². The Balaban J connectivity index is 1.99. The fourth-order valence-electron chi connectivity index (χ4n) is 3.00. The minimum absolute atomic E-state index is 0.261. The second kappa shape index (κ2) is 6.92. The van der Waals surface area contributed by atoms with Crippen LogP contribution in [0.5, 0.6) is 0 Å². The first kappa shape index (κ1) is 16.5. The third-order valence-corrected chi connectivity index (χ3v) is 5.93. The van der Waals surface area contributed by atoms with Crippen LogP contribution in [-0.2, 0) is 23.3 Å². The predicted octanol–water partition coefficient (Wildman–Crippen LogP) is 1.26. The fraction of sp³-hybridized carbons (Fsp3) is 0.800. The number of hydrogen-bond donors (Lipinski definition) is 1. The van der Waals surface area contributed by atoms with E-state index in [-0.39, 0.29) is 5.92 Å². The van der Waals surface area contributed by atoms with Crippen LogP contribution in [0.3, 0.4) is 0 Å². The quantitative estimate of drug-likeness (QED) is 0.823. The summed E-state index contributed by atoms with van der Waals surface area (Å²) in [4.78, 5) is 0. The lowest BCUT2D eigenvalue weighted by Gasteiger charge is -2.23. The van der Waals surface area contributed by atoms with Gasteiger partial charge in [-0.05, 0) is 49.8 Å². The first-order valence-electron chi connectivity index (χ1n) is 7.75. The molecule has 1 aromatic rings. The highest BCUT2D eigenvalue weighted by atomic mass is 32.2. The normalized spacial score (nSPS) is 22.8. The van der Waals surface area contributed by atoms with E-state index in [0.29, 0.717) is 23.3 Å². The zero-order valence-electron chi connectivity index (χ0n) is 13.2. The fourth-order valence-corrected chi connectivity index (χ4v) is 4.92. The van der Waals surface area contributed by atoms with Crippen LogP contribution in [0.4, 0.5) is 0 Å². The number of nitrogens with zero attached hydrogens (tertiary/aromatic N) is 2. The van der Waals surface area contributed by atoms with Gasteiger partial charge in [0.25, 0.3) is 0 Å². The smallest absolute Gasteiger partial charge is 0.150 e. The third kappa shape index (κ3) is 5.11. The van der Waals surface area contributed by atoms with E-state index < -0.39 is 9.84 Å². The minimum Gasteiger partial charge on any atom is -0.316 e. The van der Waals surface area contributed by atoms with E-state index >= 15 is 0 Å². The monoisotopic (exact) mass is 313 g/mol. The lowest BCUT2D eigenvalue weighted by atomic mass is 9.87. The summed E-state index contributed by atoms with van der Waals surface area (Å²) in [7, 11) is -0.910. The molecule has 0 aromatic carbocycles. The number of aryl methyl sites for hydroxylation is 1. The first-order chi connectivity index (χ1) is 9.85. The highest BCUT2D eigenvalue weighted by Crippen LogP contribution is 2.28. The summed E-state index contributed by atoms with van der Waals surface area (Å²) in [5, 5.41) is 7.93. The van der Waals surface area contributed by atoms with Crippen LogP contribution in [0.2, 0.25) is 0 Å². The molecule has 120 valence electrons. The second-order valence-electron chi connectivity index (χ2n) is 6.66. The molecule has 1 aliphatic heterocycles. The summed E-state index contributed by atoms with van der Waals surface area (Å²) in [6, 6.07) is 2.03. The zero-order valence-corrected chi connectivity index (χ0v) is 14.1. The lowest BCUT2D eigenvalue weighted by molar-refractivity contribution is 0.334. The molecule has 1 aromatic heterocycles. The van der Waals surface area contributed by atoms with Crippen molar-refractivity contribution in [3.05, 3.63) is 18.0 Å². The summed E-state index contributed by atoms with van der Waals surface area (Å²) in [5.41, 5.74) is 1.05. The molecule has 1 N–H and O–H groups in total. The molecule has 1 aliphatic rings. The molecule has 2 rings (SSSR count). The molecule has 1 fully saturated rings. The van der Waals surface area contributed by atoms with Crippen LogP contribution >= 0.6 is 0 Å². The van der Waals surface area contributed by atoms with Crippen molar-refractivity contribution in [2.24, 2.45) is 24.8 Å². The van der Waals surface area contributed by atoms with Gasteiger partial charge in [-0.1, -0.05) is 13.8 Å². The Hall–Kier alpha value is -0.880. The molecule has 2 unspecified atom stereocenters. The Labute approximate surface area is 128 Å². The Kier molecular flexibility index (Phi) is 5.43. The van der Waals surface area contributed by atoms with E-state index in [0.717, 1.165) is 31.6 Å². The average Bonchev–Trinajstić information content (AvgIpc) is 2.93. The highest BCUT2D eigenvalue weighted by Gasteiger charge is 2.33. The highest BCUT2D eigenvalue weighted by molar-refractivity contribution is 7.91. The van der Waals surface area contributed by atoms with E-state index in [1.54, 1.807) is 4.68 Å². The van der Waals surface area contributed by atoms with Gasteiger partial charge >= 0.3 is 0 Å². The molecule has 0 radical (unpaired) electrons. The van der Waals surface area contributed by atoms with Gasteiger partial charge in [0.2, 0.25) is 0 Å². The summed E-state index contributed by atoms with van der Waals surface area (Å²) in [6.07, 6.45) is 3.59. The van der Waals surface area contributed by atoms with E-state index in [4.69, 9.17) is 0 Å². The Morgan fingerprint density at radius 2 is 2.19 bits per heavy atom. The van der Waals surface area contributed by atoms with E-state index in [9.17, 15) is 8.42 Å². The Morgan fingerprint density at radius 1 is 1.43 bits per heavy atom. The van der Waals surface area contributed by atoms with E-state index in [1.807, 2.05) is 19.3 Å². The molecule has 2 atom stereocenters. The first-order valence-corrected chi connectivity index (χ1v) is 9.57. The summed E-state index contributed by atoms with van der Waals surface area (Å²) >= 11 is 0. The van der Waals surface area contributed by atoms with Crippen molar-refractivity contribution in [3.63, 3.8) is 0 Å². The van der Waals surface area contributed by atoms with E-state index in [2.05, 4.69) is 24.3 Å². The summed E-state index contributed by atoms with van der Waals surface area (Å²) in [5.74, 6) is 1.90. The molecular formula is C15H27N3O2S. The second-order valence-corrected chi connectivity index (χ2v) is 8.89. The van der Waals surface area contributed by atoms with Gasteiger partial charge in [0.15, 0.2) is 9.84 Å². The average molecular weight is 313 g/mol. The molecule has 5 nitrogen and oxygen atoms in total. The molecule has 0 spiro atoms. The molecule has 0 bridgehead atoms. The summed E-state index contributed by atoms with van der Waals surface area (Å²) < 4.78 is 25.3. The van der Waals surface area contributed by atoms with Crippen LogP contribution in [0, 0.1) is 17.8 Å². The van der Waals surface area contributed by atoms with Crippen molar-refractivity contribution in [1.82, 2.24) is 15.1 Å². The van der Waals surface area contributed by atoms with Crippen LogP contribution in [0.15, 0.2) is 12.3 Å². The number of rotatable bonds is 7. The van der Waals surface area contributed by atoms with Crippen molar-refractivity contribution in [3.8, 4) is 0 Å². The Morgan fingerprint density at radius 3 is 2.71 bits per heavy atom. The standard InChI is InChI=1S/C15H27N3O2S/c1-12(2)9-16-10-14(8-15-4-6-18(3)17-15)13-5-7-21(19,20)11-13/h4,6,12-14,16H,5,7-11H2,1-3H3.